The van der Waals surface area contributed by atoms with Gasteiger partial charge in [0.15, 0.2) is 11.5 Å². The molecular weight excluding hydrogens is 394 g/mol. The van der Waals surface area contributed by atoms with Crippen LogP contribution in [-0.4, -0.2) is 42.6 Å². The number of hydrogen-bond acceptors (Lipinski definition) is 9. The van der Waals surface area contributed by atoms with Gasteiger partial charge in [0.25, 0.3) is 0 Å². The standard InChI is InChI=1S/C21H29NO8/c1-5-6-7-20(25)28-13(2)12-27-21(26)17(22)10-16-8-9-18(29-14(3)23)19(11-16)30-15(4)24/h8-9,11,13,17H,5-7,10,12,22H2,1-4H3/t13-,17-/m0/s1. The highest BCUT2D eigenvalue weighted by molar-refractivity contribution is 5.76. The van der Waals surface area contributed by atoms with E-state index in [1.807, 2.05) is 6.92 Å². The predicted molar refractivity (Wildman–Crippen MR) is 107 cm³/mol. The first-order valence-corrected chi connectivity index (χ1v) is 9.73. The lowest BCUT2D eigenvalue weighted by Gasteiger charge is -2.16. The van der Waals surface area contributed by atoms with Crippen LogP contribution in [-0.2, 0) is 35.1 Å². The van der Waals surface area contributed by atoms with Crippen LogP contribution in [0.1, 0.15) is 52.5 Å². The van der Waals surface area contributed by atoms with E-state index in [0.717, 1.165) is 12.8 Å². The highest BCUT2D eigenvalue weighted by atomic mass is 16.6. The van der Waals surface area contributed by atoms with E-state index in [1.165, 1.54) is 26.0 Å². The Morgan fingerprint density at radius 2 is 1.67 bits per heavy atom. The number of carbonyl (C=O) groups excluding carboxylic acids is 4. The average molecular weight is 423 g/mol. The fraction of sp³-hybridized carbons (Fsp3) is 0.524. The van der Waals surface area contributed by atoms with Gasteiger partial charge in [0.05, 0.1) is 0 Å². The van der Waals surface area contributed by atoms with E-state index in [4.69, 9.17) is 24.7 Å². The summed E-state index contributed by atoms with van der Waals surface area (Å²) in [5.74, 6) is -2.03. The minimum absolute atomic E-state index is 0.0448. The number of unbranched alkanes of at least 4 members (excludes halogenated alkanes) is 1. The summed E-state index contributed by atoms with van der Waals surface area (Å²) in [7, 11) is 0. The molecule has 0 fully saturated rings. The number of nitrogens with two attached hydrogens (primary N) is 1. The summed E-state index contributed by atoms with van der Waals surface area (Å²) in [4.78, 5) is 46.2. The van der Waals surface area contributed by atoms with Gasteiger partial charge in [0, 0.05) is 20.3 Å². The van der Waals surface area contributed by atoms with Crippen molar-refractivity contribution in [3.8, 4) is 11.5 Å². The summed E-state index contributed by atoms with van der Waals surface area (Å²) in [6.07, 6.45) is 1.46. The first-order valence-electron chi connectivity index (χ1n) is 9.73. The van der Waals surface area contributed by atoms with E-state index in [2.05, 4.69) is 0 Å². The zero-order valence-electron chi connectivity index (χ0n) is 17.8. The van der Waals surface area contributed by atoms with E-state index in [0.29, 0.717) is 12.0 Å². The number of esters is 4. The maximum atomic E-state index is 12.1. The monoisotopic (exact) mass is 423 g/mol. The van der Waals surface area contributed by atoms with Crippen LogP contribution in [0.25, 0.3) is 0 Å². The molecule has 2 N–H and O–H groups in total. The molecule has 0 aromatic heterocycles. The molecule has 1 aromatic rings. The van der Waals surface area contributed by atoms with Crippen molar-refractivity contribution in [2.75, 3.05) is 6.61 Å². The van der Waals surface area contributed by atoms with Crippen molar-refractivity contribution in [1.29, 1.82) is 0 Å². The van der Waals surface area contributed by atoms with Gasteiger partial charge >= 0.3 is 23.9 Å². The van der Waals surface area contributed by atoms with E-state index in [-0.39, 0.29) is 30.5 Å². The van der Waals surface area contributed by atoms with Crippen LogP contribution in [0.4, 0.5) is 0 Å². The first-order chi connectivity index (χ1) is 14.1. The first kappa shape index (κ1) is 25.1. The second-order valence-electron chi connectivity index (χ2n) is 6.81. The van der Waals surface area contributed by atoms with Gasteiger partial charge < -0.3 is 24.7 Å². The third-order valence-corrected chi connectivity index (χ3v) is 3.80. The molecule has 9 heteroatoms. The van der Waals surface area contributed by atoms with Gasteiger partial charge in [-0.05, 0) is 37.5 Å². The second kappa shape index (κ2) is 12.6. The molecule has 0 unspecified atom stereocenters. The Morgan fingerprint density at radius 3 is 2.27 bits per heavy atom. The number of carbonyl (C=O) groups is 4. The number of rotatable bonds is 11. The molecule has 0 heterocycles. The minimum atomic E-state index is -0.988. The summed E-state index contributed by atoms with van der Waals surface area (Å²) in [6, 6.07) is 3.52. The van der Waals surface area contributed by atoms with Gasteiger partial charge in [-0.2, -0.15) is 0 Å². The largest absolute Gasteiger partial charge is 0.461 e. The van der Waals surface area contributed by atoms with E-state index in [9.17, 15) is 19.2 Å². The van der Waals surface area contributed by atoms with Gasteiger partial charge in [-0.15, -0.1) is 0 Å². The van der Waals surface area contributed by atoms with Crippen LogP contribution in [0.2, 0.25) is 0 Å². The van der Waals surface area contributed by atoms with Crippen molar-refractivity contribution in [3.63, 3.8) is 0 Å². The fourth-order valence-corrected chi connectivity index (χ4v) is 2.44. The number of hydrogen-bond donors (Lipinski definition) is 1. The molecule has 1 rings (SSSR count). The molecule has 0 radical (unpaired) electrons. The lowest BCUT2D eigenvalue weighted by atomic mass is 10.1. The zero-order chi connectivity index (χ0) is 22.7. The SMILES string of the molecule is CCCCC(=O)O[C@@H](C)COC(=O)[C@@H](N)Cc1ccc(OC(C)=O)c(OC(C)=O)c1. The molecule has 0 saturated heterocycles. The second-order valence-corrected chi connectivity index (χ2v) is 6.81. The lowest BCUT2D eigenvalue weighted by Crippen LogP contribution is -2.36. The summed E-state index contributed by atoms with van der Waals surface area (Å²) in [6.45, 7) is 5.93. The zero-order valence-corrected chi connectivity index (χ0v) is 17.8. The van der Waals surface area contributed by atoms with Gasteiger partial charge in [-0.25, -0.2) is 0 Å². The summed E-state index contributed by atoms with van der Waals surface area (Å²) >= 11 is 0. The molecule has 166 valence electrons. The molecule has 0 aliphatic rings. The molecule has 0 aliphatic heterocycles. The van der Waals surface area contributed by atoms with E-state index >= 15 is 0 Å². The molecule has 2 atom stereocenters. The van der Waals surface area contributed by atoms with Crippen LogP contribution in [0.15, 0.2) is 18.2 Å². The lowest BCUT2D eigenvalue weighted by molar-refractivity contribution is -0.158. The molecule has 0 bridgehead atoms. The van der Waals surface area contributed by atoms with E-state index in [1.54, 1.807) is 13.0 Å². The maximum Gasteiger partial charge on any atom is 0.323 e. The molecule has 0 amide bonds. The smallest absolute Gasteiger partial charge is 0.323 e. The predicted octanol–water partition coefficient (Wildman–Crippen LogP) is 2.07. The third kappa shape index (κ3) is 9.51. The topological polar surface area (TPSA) is 131 Å². The Hall–Kier alpha value is -2.94. The average Bonchev–Trinajstić information content (AvgIpc) is 2.65. The highest BCUT2D eigenvalue weighted by Crippen LogP contribution is 2.29. The Balaban J connectivity index is 2.64. The van der Waals surface area contributed by atoms with Crippen LogP contribution >= 0.6 is 0 Å². The van der Waals surface area contributed by atoms with Gasteiger partial charge in [-0.1, -0.05) is 19.4 Å². The Morgan fingerprint density at radius 1 is 1.03 bits per heavy atom. The van der Waals surface area contributed by atoms with Crippen LogP contribution in [0, 0.1) is 0 Å². The Bertz CT molecular complexity index is 761. The normalized spacial score (nSPS) is 12.4. The van der Waals surface area contributed by atoms with Gasteiger partial charge in [-0.3, -0.25) is 19.2 Å². The Kier molecular flexibility index (Phi) is 10.5. The maximum absolute atomic E-state index is 12.1. The molecule has 0 aliphatic carbocycles. The molecular formula is C21H29NO8. The fourth-order valence-electron chi connectivity index (χ4n) is 2.44. The van der Waals surface area contributed by atoms with Gasteiger partial charge in [0.1, 0.15) is 18.8 Å². The van der Waals surface area contributed by atoms with Crippen LogP contribution in [0.5, 0.6) is 11.5 Å². The molecule has 0 saturated carbocycles. The Labute approximate surface area is 175 Å². The quantitative estimate of drug-likeness (QED) is 0.419. The molecule has 9 nitrogen and oxygen atoms in total. The minimum Gasteiger partial charge on any atom is -0.461 e. The molecule has 30 heavy (non-hydrogen) atoms. The highest BCUT2D eigenvalue weighted by Gasteiger charge is 2.20. The van der Waals surface area contributed by atoms with Crippen LogP contribution in [0.3, 0.4) is 0 Å². The summed E-state index contributed by atoms with van der Waals surface area (Å²) in [5, 5.41) is 0. The van der Waals surface area contributed by atoms with Crippen molar-refractivity contribution < 1.29 is 38.1 Å². The number of ether oxygens (including phenoxy) is 4. The van der Waals surface area contributed by atoms with E-state index < -0.39 is 30.1 Å². The van der Waals surface area contributed by atoms with Gasteiger partial charge in [0.2, 0.25) is 0 Å². The molecule has 0 spiro atoms. The van der Waals surface area contributed by atoms with Crippen molar-refractivity contribution in [1.82, 2.24) is 0 Å². The summed E-state index contributed by atoms with van der Waals surface area (Å²) in [5.41, 5.74) is 6.47. The summed E-state index contributed by atoms with van der Waals surface area (Å²) < 4.78 is 20.3. The van der Waals surface area contributed by atoms with Crippen molar-refractivity contribution in [2.45, 2.75) is 65.5 Å². The van der Waals surface area contributed by atoms with Crippen molar-refractivity contribution in [2.24, 2.45) is 5.73 Å². The number of benzene rings is 1. The third-order valence-electron chi connectivity index (χ3n) is 3.80. The molecule has 1 aromatic carbocycles. The van der Waals surface area contributed by atoms with Crippen molar-refractivity contribution in [3.05, 3.63) is 23.8 Å². The van der Waals surface area contributed by atoms with Crippen molar-refractivity contribution >= 4 is 23.9 Å². The van der Waals surface area contributed by atoms with Crippen LogP contribution < -0.4 is 15.2 Å².